The molecule has 10 heteroatoms. The summed E-state index contributed by atoms with van der Waals surface area (Å²) in [7, 11) is 1.28. The minimum absolute atomic E-state index is 0.116. The van der Waals surface area contributed by atoms with E-state index in [4.69, 9.17) is 4.74 Å². The van der Waals surface area contributed by atoms with Gasteiger partial charge in [0.25, 0.3) is 5.69 Å². The molecular weight excluding hydrogens is 358 g/mol. The number of nitro benzene ring substituents is 1. The summed E-state index contributed by atoms with van der Waals surface area (Å²) in [6, 6.07) is 2.53. The third kappa shape index (κ3) is 3.14. The van der Waals surface area contributed by atoms with Crippen LogP contribution in [0.5, 0.6) is 11.5 Å². The van der Waals surface area contributed by atoms with Gasteiger partial charge >= 0.3 is 0 Å². The minimum Gasteiger partial charge on any atom is -0.865 e. The van der Waals surface area contributed by atoms with Crippen LogP contribution in [0.3, 0.4) is 0 Å². The molecule has 0 bridgehead atoms. The number of hydrogen-bond donors (Lipinski definition) is 1. The fraction of sp³-hybridized carbons (Fsp3) is 0.188. The summed E-state index contributed by atoms with van der Waals surface area (Å²) in [4.78, 5) is 20.7. The highest BCUT2D eigenvalue weighted by Crippen LogP contribution is 2.34. The Morgan fingerprint density at radius 3 is 2.81 bits per heavy atom. The number of thiophene rings is 1. The first-order chi connectivity index (χ1) is 12.4. The molecule has 1 N–H and O–H groups in total. The van der Waals surface area contributed by atoms with Crippen LogP contribution < -0.4 is 15.3 Å². The summed E-state index contributed by atoms with van der Waals surface area (Å²) in [5, 5.41) is 27.8. The van der Waals surface area contributed by atoms with E-state index in [0.29, 0.717) is 11.4 Å². The Kier molecular flexibility index (Phi) is 4.67. The van der Waals surface area contributed by atoms with Gasteiger partial charge in [-0.2, -0.15) is 5.10 Å². The SMILES string of the molecule is COc1cc(/C=N\Nc2ncnc3sc(C)c(C)c23)cc([N+](=O)[O-])c1[O-]. The highest BCUT2D eigenvalue weighted by Gasteiger charge is 2.13. The highest BCUT2D eigenvalue weighted by molar-refractivity contribution is 7.18. The predicted octanol–water partition coefficient (Wildman–Crippen LogP) is 2.74. The van der Waals surface area contributed by atoms with Crippen molar-refractivity contribution >= 4 is 39.3 Å². The first-order valence-corrected chi connectivity index (χ1v) is 8.27. The number of methoxy groups -OCH3 is 1. The van der Waals surface area contributed by atoms with E-state index >= 15 is 0 Å². The van der Waals surface area contributed by atoms with E-state index in [2.05, 4.69) is 20.5 Å². The van der Waals surface area contributed by atoms with E-state index in [1.165, 1.54) is 25.7 Å². The lowest BCUT2D eigenvalue weighted by atomic mass is 10.2. The van der Waals surface area contributed by atoms with Crippen LogP contribution in [0.4, 0.5) is 11.5 Å². The van der Waals surface area contributed by atoms with Crippen molar-refractivity contribution in [2.24, 2.45) is 5.10 Å². The van der Waals surface area contributed by atoms with Crippen LogP contribution in [-0.2, 0) is 0 Å². The van der Waals surface area contributed by atoms with Gasteiger partial charge in [-0.15, -0.1) is 11.3 Å². The second-order valence-electron chi connectivity index (χ2n) is 5.38. The van der Waals surface area contributed by atoms with Crippen LogP contribution >= 0.6 is 11.3 Å². The Labute approximate surface area is 152 Å². The van der Waals surface area contributed by atoms with Gasteiger partial charge in [-0.25, -0.2) is 9.97 Å². The van der Waals surface area contributed by atoms with Crippen molar-refractivity contribution in [3.05, 3.63) is 44.6 Å². The Bertz CT molecular complexity index is 1030. The molecule has 2 heterocycles. The number of nitro groups is 1. The molecule has 1 aromatic carbocycles. The van der Waals surface area contributed by atoms with Crippen molar-refractivity contribution in [2.45, 2.75) is 13.8 Å². The van der Waals surface area contributed by atoms with E-state index in [9.17, 15) is 15.2 Å². The summed E-state index contributed by atoms with van der Waals surface area (Å²) < 4.78 is 4.90. The predicted molar refractivity (Wildman–Crippen MR) is 97.2 cm³/mol. The van der Waals surface area contributed by atoms with Gasteiger partial charge in [0.1, 0.15) is 16.9 Å². The lowest BCUT2D eigenvalue weighted by Gasteiger charge is -2.13. The third-order valence-corrected chi connectivity index (χ3v) is 4.94. The molecule has 9 nitrogen and oxygen atoms in total. The average Bonchev–Trinajstić information content (AvgIpc) is 2.91. The number of ether oxygens (including phenoxy) is 1. The van der Waals surface area contributed by atoms with Gasteiger partial charge in [0, 0.05) is 22.3 Å². The molecule has 0 aliphatic heterocycles. The Morgan fingerprint density at radius 1 is 1.35 bits per heavy atom. The van der Waals surface area contributed by atoms with E-state index < -0.39 is 16.4 Å². The zero-order chi connectivity index (χ0) is 18.8. The molecular formula is C16H14N5O4S-. The average molecular weight is 372 g/mol. The lowest BCUT2D eigenvalue weighted by Crippen LogP contribution is -2.02. The van der Waals surface area contributed by atoms with Crippen molar-refractivity contribution in [1.29, 1.82) is 0 Å². The van der Waals surface area contributed by atoms with Crippen molar-refractivity contribution < 1.29 is 14.8 Å². The van der Waals surface area contributed by atoms with Gasteiger partial charge in [0.2, 0.25) is 0 Å². The molecule has 134 valence electrons. The van der Waals surface area contributed by atoms with Crippen LogP contribution in [0.15, 0.2) is 23.6 Å². The number of anilines is 1. The van der Waals surface area contributed by atoms with Gasteiger partial charge < -0.3 is 9.84 Å². The Hall–Kier alpha value is -3.27. The van der Waals surface area contributed by atoms with E-state index in [1.807, 2.05) is 13.8 Å². The molecule has 0 atom stereocenters. The standard InChI is InChI=1S/C16H15N5O4S/c1-8-9(2)26-16-13(8)15(17-7-18-16)20-19-6-10-4-11(21(23)24)14(22)12(5-10)25-3/h4-7,22H,1-3H3,(H,17,18,20)/p-1/b19-6-. The van der Waals surface area contributed by atoms with E-state index in [1.54, 1.807) is 11.3 Å². The molecule has 2 aromatic heterocycles. The number of hydrazone groups is 1. The number of nitrogens with one attached hydrogen (secondary N) is 1. The molecule has 0 amide bonds. The maximum absolute atomic E-state index is 11.8. The van der Waals surface area contributed by atoms with Crippen LogP contribution in [0.25, 0.3) is 10.2 Å². The summed E-state index contributed by atoms with van der Waals surface area (Å²) in [5.41, 5.74) is 3.67. The maximum atomic E-state index is 11.8. The number of fused-ring (bicyclic) bond motifs is 1. The normalized spacial score (nSPS) is 11.2. The largest absolute Gasteiger partial charge is 0.865 e. The van der Waals surface area contributed by atoms with Crippen LogP contribution in [-0.4, -0.2) is 28.2 Å². The first-order valence-electron chi connectivity index (χ1n) is 7.45. The molecule has 3 aromatic rings. The van der Waals surface area contributed by atoms with E-state index in [0.717, 1.165) is 26.7 Å². The molecule has 0 radical (unpaired) electrons. The van der Waals surface area contributed by atoms with Gasteiger partial charge in [0.05, 0.1) is 23.6 Å². The van der Waals surface area contributed by atoms with Crippen LogP contribution in [0.1, 0.15) is 16.0 Å². The second-order valence-corrected chi connectivity index (χ2v) is 6.59. The van der Waals surface area contributed by atoms with E-state index in [-0.39, 0.29) is 5.75 Å². The van der Waals surface area contributed by atoms with Crippen molar-refractivity contribution in [3.8, 4) is 11.5 Å². The van der Waals surface area contributed by atoms with Crippen molar-refractivity contribution in [3.63, 3.8) is 0 Å². The van der Waals surface area contributed by atoms with Crippen molar-refractivity contribution in [2.75, 3.05) is 12.5 Å². The zero-order valence-corrected chi connectivity index (χ0v) is 15.0. The summed E-state index contributed by atoms with van der Waals surface area (Å²) in [5.74, 6) is -0.353. The second kappa shape index (κ2) is 6.92. The molecule has 0 spiro atoms. The fourth-order valence-corrected chi connectivity index (χ4v) is 3.40. The summed E-state index contributed by atoms with van der Waals surface area (Å²) in [6.07, 6.45) is 2.80. The number of aryl methyl sites for hydroxylation is 2. The molecule has 3 rings (SSSR count). The number of benzene rings is 1. The monoisotopic (exact) mass is 372 g/mol. The zero-order valence-electron chi connectivity index (χ0n) is 14.1. The molecule has 0 aliphatic carbocycles. The molecule has 0 saturated heterocycles. The third-order valence-electron chi connectivity index (χ3n) is 3.82. The molecule has 0 aliphatic rings. The number of hydrogen-bond acceptors (Lipinski definition) is 9. The Balaban J connectivity index is 1.92. The molecule has 0 saturated carbocycles. The smallest absolute Gasteiger partial charge is 0.266 e. The van der Waals surface area contributed by atoms with Crippen LogP contribution in [0.2, 0.25) is 0 Å². The lowest BCUT2D eigenvalue weighted by molar-refractivity contribution is -0.398. The minimum atomic E-state index is -0.774. The van der Waals surface area contributed by atoms with Gasteiger partial charge in [-0.1, -0.05) is 0 Å². The maximum Gasteiger partial charge on any atom is 0.266 e. The first kappa shape index (κ1) is 17.5. The topological polar surface area (TPSA) is 126 Å². The number of aromatic nitrogens is 2. The molecule has 0 unspecified atom stereocenters. The van der Waals surface area contributed by atoms with Gasteiger partial charge in [-0.05, 0) is 25.5 Å². The molecule has 0 fully saturated rings. The number of rotatable bonds is 5. The fourth-order valence-electron chi connectivity index (χ4n) is 2.41. The van der Waals surface area contributed by atoms with Crippen LogP contribution in [0, 0.1) is 24.0 Å². The quantitative estimate of drug-likeness (QED) is 0.414. The highest BCUT2D eigenvalue weighted by atomic mass is 32.1. The van der Waals surface area contributed by atoms with Gasteiger partial charge in [0.15, 0.2) is 5.82 Å². The summed E-state index contributed by atoms with van der Waals surface area (Å²) >= 11 is 1.57. The number of nitrogens with zero attached hydrogens (tertiary/aromatic N) is 4. The van der Waals surface area contributed by atoms with Gasteiger partial charge in [-0.3, -0.25) is 15.5 Å². The summed E-state index contributed by atoms with van der Waals surface area (Å²) in [6.45, 7) is 3.98. The molecule has 26 heavy (non-hydrogen) atoms. The van der Waals surface area contributed by atoms with Crippen molar-refractivity contribution in [1.82, 2.24) is 9.97 Å². The Morgan fingerprint density at radius 2 is 2.12 bits per heavy atom.